The summed E-state index contributed by atoms with van der Waals surface area (Å²) >= 11 is 0.746. The van der Waals surface area contributed by atoms with Crippen LogP contribution >= 0.6 is 11.3 Å². The van der Waals surface area contributed by atoms with Crippen molar-refractivity contribution in [3.63, 3.8) is 0 Å². The van der Waals surface area contributed by atoms with Crippen molar-refractivity contribution in [1.29, 1.82) is 5.26 Å². The average molecular weight is 625 g/mol. The predicted octanol–water partition coefficient (Wildman–Crippen LogP) is 5.99. The molecule has 3 aromatic rings. The molecule has 0 bridgehead atoms. The minimum absolute atomic E-state index is 0.0489. The maximum absolute atomic E-state index is 13.4. The molecule has 2 aliphatic heterocycles. The standard InChI is InChI=1S/C32H38F2N6O3S/c1-19(2)12-23(14-35)31(42)39-11-5-6-24(39)18-40-26-13-22(17-38-15-20(3)43-21(4)16-38)7-8-25(26)36-32(40)37-30(41)28-10-9-27(44-28)29(33)34/h7-10,12-13,19-21,24,29H,5-6,11,15-18H2,1-4H3,(H,36,37,41)/t20?,21?,24-/m1/s1. The normalized spacial score (nSPS) is 21.4. The van der Waals surface area contributed by atoms with E-state index >= 15 is 0 Å². The van der Waals surface area contributed by atoms with Crippen molar-refractivity contribution in [3.8, 4) is 6.07 Å². The topological polar surface area (TPSA) is 103 Å². The molecule has 0 radical (unpaired) electrons. The molecule has 12 heteroatoms. The molecule has 1 aromatic carbocycles. The lowest BCUT2D eigenvalue weighted by Crippen LogP contribution is -2.44. The van der Waals surface area contributed by atoms with Gasteiger partial charge in [-0.25, -0.2) is 13.8 Å². The van der Waals surface area contributed by atoms with E-state index in [-0.39, 0.29) is 51.4 Å². The minimum Gasteiger partial charge on any atom is -0.373 e. The number of rotatable bonds is 9. The number of benzene rings is 1. The number of alkyl halides is 2. The average Bonchev–Trinajstić information content (AvgIpc) is 3.71. The van der Waals surface area contributed by atoms with Gasteiger partial charge in [0.25, 0.3) is 18.2 Å². The van der Waals surface area contributed by atoms with E-state index in [1.807, 2.05) is 30.5 Å². The first kappa shape index (κ1) is 31.8. The highest BCUT2D eigenvalue weighted by atomic mass is 32.1. The zero-order valence-electron chi connectivity index (χ0n) is 25.4. The molecule has 0 saturated carbocycles. The quantitative estimate of drug-likeness (QED) is 0.232. The first-order valence-corrected chi connectivity index (χ1v) is 15.8. The first-order valence-electron chi connectivity index (χ1n) is 15.0. The summed E-state index contributed by atoms with van der Waals surface area (Å²) in [5.74, 6) is -0.498. The molecule has 3 atom stereocenters. The molecule has 2 fully saturated rings. The van der Waals surface area contributed by atoms with Crippen LogP contribution in [0.5, 0.6) is 0 Å². The summed E-state index contributed by atoms with van der Waals surface area (Å²) in [6, 6.07) is 10.5. The minimum atomic E-state index is -2.66. The summed E-state index contributed by atoms with van der Waals surface area (Å²) in [4.78, 5) is 35.4. The van der Waals surface area contributed by atoms with E-state index in [0.717, 1.165) is 48.3 Å². The van der Waals surface area contributed by atoms with Gasteiger partial charge in [0.2, 0.25) is 5.95 Å². The number of allylic oxidation sites excluding steroid dienone is 1. The summed E-state index contributed by atoms with van der Waals surface area (Å²) in [5, 5.41) is 12.5. The predicted molar refractivity (Wildman–Crippen MR) is 166 cm³/mol. The molecule has 5 rings (SSSR count). The number of halogens is 2. The largest absolute Gasteiger partial charge is 0.373 e. The number of nitrogens with zero attached hydrogens (tertiary/aromatic N) is 5. The lowest BCUT2D eigenvalue weighted by molar-refractivity contribution is -0.127. The van der Waals surface area contributed by atoms with Crippen molar-refractivity contribution < 1.29 is 23.1 Å². The van der Waals surface area contributed by atoms with E-state index in [0.29, 0.717) is 25.2 Å². The Morgan fingerprint density at radius 3 is 2.61 bits per heavy atom. The molecule has 44 heavy (non-hydrogen) atoms. The van der Waals surface area contributed by atoms with E-state index in [4.69, 9.17) is 9.72 Å². The number of carbonyl (C=O) groups is 2. The summed E-state index contributed by atoms with van der Waals surface area (Å²) in [7, 11) is 0. The number of hydrogen-bond acceptors (Lipinski definition) is 7. The van der Waals surface area contributed by atoms with Crippen LogP contribution in [0.15, 0.2) is 42.0 Å². The molecular formula is C32H38F2N6O3S. The Balaban J connectivity index is 1.48. The summed E-state index contributed by atoms with van der Waals surface area (Å²) in [6.45, 7) is 11.2. The molecule has 234 valence electrons. The van der Waals surface area contributed by atoms with Crippen LogP contribution in [0.25, 0.3) is 11.0 Å². The van der Waals surface area contributed by atoms with Gasteiger partial charge in [0.1, 0.15) is 11.6 Å². The third kappa shape index (κ3) is 7.17. The number of fused-ring (bicyclic) bond motifs is 1. The Labute approximate surface area is 260 Å². The van der Waals surface area contributed by atoms with E-state index in [9.17, 15) is 23.6 Å². The van der Waals surface area contributed by atoms with Crippen molar-refractivity contribution in [2.45, 2.75) is 78.3 Å². The van der Waals surface area contributed by atoms with Gasteiger partial charge in [-0.05, 0) is 62.4 Å². The summed E-state index contributed by atoms with van der Waals surface area (Å²) < 4.78 is 34.2. The van der Waals surface area contributed by atoms with Gasteiger partial charge in [-0.2, -0.15) is 5.26 Å². The number of anilines is 1. The smallest absolute Gasteiger partial charge is 0.272 e. The molecule has 2 aliphatic rings. The molecule has 2 saturated heterocycles. The number of hydrogen-bond donors (Lipinski definition) is 1. The monoisotopic (exact) mass is 624 g/mol. The van der Waals surface area contributed by atoms with E-state index in [2.05, 4.69) is 36.2 Å². The van der Waals surface area contributed by atoms with Crippen LogP contribution in [0.2, 0.25) is 0 Å². The molecule has 2 unspecified atom stereocenters. The number of carbonyl (C=O) groups excluding carboxylic acids is 2. The van der Waals surface area contributed by atoms with Crippen molar-refractivity contribution in [2.24, 2.45) is 5.92 Å². The Hall–Kier alpha value is -3.66. The van der Waals surface area contributed by atoms with Gasteiger partial charge in [-0.15, -0.1) is 11.3 Å². The van der Waals surface area contributed by atoms with E-state index < -0.39 is 12.3 Å². The zero-order chi connectivity index (χ0) is 31.5. The Morgan fingerprint density at radius 2 is 1.95 bits per heavy atom. The number of likely N-dealkylation sites (tertiary alicyclic amines) is 1. The van der Waals surface area contributed by atoms with Crippen LogP contribution in [0.4, 0.5) is 14.7 Å². The van der Waals surface area contributed by atoms with Crippen LogP contribution in [0, 0.1) is 17.2 Å². The Bertz CT molecular complexity index is 1580. The molecule has 0 spiro atoms. The number of amides is 2. The maximum Gasteiger partial charge on any atom is 0.272 e. The number of aromatic nitrogens is 2. The molecule has 2 amide bonds. The zero-order valence-corrected chi connectivity index (χ0v) is 26.2. The lowest BCUT2D eigenvalue weighted by Gasteiger charge is -2.35. The van der Waals surface area contributed by atoms with Crippen molar-refractivity contribution in [3.05, 3.63) is 57.3 Å². The van der Waals surface area contributed by atoms with Gasteiger partial charge in [-0.3, -0.25) is 19.8 Å². The van der Waals surface area contributed by atoms with Crippen LogP contribution in [0.1, 0.15) is 67.1 Å². The molecular weight excluding hydrogens is 586 g/mol. The molecule has 0 aliphatic carbocycles. The fourth-order valence-corrected chi connectivity index (χ4v) is 6.88. The van der Waals surface area contributed by atoms with Crippen LogP contribution in [0.3, 0.4) is 0 Å². The molecule has 1 N–H and O–H groups in total. The fraction of sp³-hybridized carbons (Fsp3) is 0.500. The highest BCUT2D eigenvalue weighted by Crippen LogP contribution is 2.30. The molecule has 2 aromatic heterocycles. The number of imidazole rings is 1. The molecule has 9 nitrogen and oxygen atoms in total. The number of nitriles is 1. The van der Waals surface area contributed by atoms with Crippen LogP contribution in [-0.4, -0.2) is 69.0 Å². The van der Waals surface area contributed by atoms with Gasteiger partial charge >= 0.3 is 0 Å². The van der Waals surface area contributed by atoms with Crippen molar-refractivity contribution >= 4 is 40.1 Å². The highest BCUT2D eigenvalue weighted by Gasteiger charge is 2.32. The number of nitrogens with one attached hydrogen (secondary N) is 1. The Kier molecular flexibility index (Phi) is 9.78. The van der Waals surface area contributed by atoms with Crippen molar-refractivity contribution in [1.82, 2.24) is 19.4 Å². The van der Waals surface area contributed by atoms with Crippen molar-refractivity contribution in [2.75, 3.05) is 25.0 Å². The SMILES string of the molecule is CC(C)C=C(C#N)C(=O)N1CCC[C@@H]1Cn1c(NC(=O)c2ccc(C(F)F)s2)nc2ccc(CN3CC(C)OC(C)C3)cc21. The van der Waals surface area contributed by atoms with E-state index in [1.54, 1.807) is 11.0 Å². The van der Waals surface area contributed by atoms with Gasteiger partial charge < -0.3 is 14.2 Å². The second kappa shape index (κ2) is 13.5. The van der Waals surface area contributed by atoms with Gasteiger partial charge in [0.05, 0.1) is 39.0 Å². The van der Waals surface area contributed by atoms with Gasteiger partial charge in [0, 0.05) is 32.7 Å². The van der Waals surface area contributed by atoms with Crippen LogP contribution in [-0.2, 0) is 22.6 Å². The van der Waals surface area contributed by atoms with Gasteiger partial charge in [0.15, 0.2) is 0 Å². The van der Waals surface area contributed by atoms with Crippen LogP contribution < -0.4 is 5.32 Å². The first-order chi connectivity index (χ1) is 21.0. The fourth-order valence-electron chi connectivity index (χ4n) is 6.12. The maximum atomic E-state index is 13.4. The lowest BCUT2D eigenvalue weighted by atomic mass is 10.1. The summed E-state index contributed by atoms with van der Waals surface area (Å²) in [5.41, 5.74) is 2.66. The molecule has 4 heterocycles. The third-order valence-corrected chi connectivity index (χ3v) is 8.98. The number of morpholine rings is 1. The van der Waals surface area contributed by atoms with Gasteiger partial charge in [-0.1, -0.05) is 26.0 Å². The number of ether oxygens (including phenoxy) is 1. The third-order valence-electron chi connectivity index (χ3n) is 7.89. The highest BCUT2D eigenvalue weighted by molar-refractivity contribution is 7.14. The second-order valence-corrected chi connectivity index (χ2v) is 13.1. The van der Waals surface area contributed by atoms with E-state index in [1.165, 1.54) is 12.1 Å². The summed E-state index contributed by atoms with van der Waals surface area (Å²) in [6.07, 6.45) is 0.805. The Morgan fingerprint density at radius 1 is 1.20 bits per heavy atom. The number of thiophene rings is 1. The second-order valence-electron chi connectivity index (χ2n) is 12.0.